The highest BCUT2D eigenvalue weighted by molar-refractivity contribution is 6.05. The fourth-order valence-electron chi connectivity index (χ4n) is 2.79. The van der Waals surface area contributed by atoms with E-state index in [9.17, 15) is 10.0 Å². The molecule has 2 rings (SSSR count). The van der Waals surface area contributed by atoms with Gasteiger partial charge in [-0.05, 0) is 32.8 Å². The van der Waals surface area contributed by atoms with E-state index < -0.39 is 0 Å². The number of fused-ring (bicyclic) bond motifs is 1. The van der Waals surface area contributed by atoms with Gasteiger partial charge in [-0.1, -0.05) is 23.4 Å². The molecule has 0 aromatic heterocycles. The summed E-state index contributed by atoms with van der Waals surface area (Å²) in [7, 11) is 0. The number of hydrogen-bond donors (Lipinski definition) is 1. The maximum absolute atomic E-state index is 12.4. The van der Waals surface area contributed by atoms with E-state index >= 15 is 0 Å². The van der Waals surface area contributed by atoms with Crippen molar-refractivity contribution in [1.82, 2.24) is 4.90 Å². The van der Waals surface area contributed by atoms with Crippen LogP contribution in [-0.2, 0) is 4.79 Å². The number of carbonyl (C=O) groups excluding carboxylic acids is 1. The van der Waals surface area contributed by atoms with Gasteiger partial charge in [-0.3, -0.25) is 4.79 Å². The lowest BCUT2D eigenvalue weighted by molar-refractivity contribution is -0.129. The van der Waals surface area contributed by atoms with Crippen LogP contribution in [0.15, 0.2) is 29.4 Å². The van der Waals surface area contributed by atoms with Crippen LogP contribution in [0.1, 0.15) is 32.3 Å². The number of carbonyl (C=O) groups is 1. The van der Waals surface area contributed by atoms with Crippen LogP contribution in [-0.4, -0.2) is 47.9 Å². The summed E-state index contributed by atoms with van der Waals surface area (Å²) in [4.78, 5) is 16.3. The van der Waals surface area contributed by atoms with Crippen LogP contribution in [0.5, 0.6) is 0 Å². The van der Waals surface area contributed by atoms with Crippen LogP contribution in [0, 0.1) is 0 Å². The molecule has 1 aromatic rings. The fraction of sp³-hybridized carbons (Fsp3) is 0.500. The molecular weight excluding hydrogens is 266 g/mol. The van der Waals surface area contributed by atoms with E-state index in [1.807, 2.05) is 43.0 Å². The summed E-state index contributed by atoms with van der Waals surface area (Å²) >= 11 is 0. The molecule has 0 aliphatic carbocycles. The highest BCUT2D eigenvalue weighted by atomic mass is 16.4. The molecule has 1 aliphatic rings. The Labute approximate surface area is 125 Å². The van der Waals surface area contributed by atoms with Gasteiger partial charge < -0.3 is 15.0 Å². The van der Waals surface area contributed by atoms with Crippen LogP contribution in [0.3, 0.4) is 0 Å². The van der Waals surface area contributed by atoms with Gasteiger partial charge in [-0.2, -0.15) is 0 Å². The third kappa shape index (κ3) is 3.35. The molecule has 21 heavy (non-hydrogen) atoms. The first-order chi connectivity index (χ1) is 10.2. The van der Waals surface area contributed by atoms with Crippen molar-refractivity contribution in [3.05, 3.63) is 29.8 Å². The molecule has 0 bridgehead atoms. The maximum Gasteiger partial charge on any atom is 0.242 e. The standard InChI is InChI=1S/C16H23N3O2/c1-3-18(4-2)16(20)12-19-11-7-9-14(17-21)13-8-5-6-10-15(13)19/h5-6,8,10,21H,3-4,7,9,11-12H2,1-2H3/b17-14-. The second kappa shape index (κ2) is 7.11. The summed E-state index contributed by atoms with van der Waals surface area (Å²) < 4.78 is 0. The zero-order chi connectivity index (χ0) is 15.2. The second-order valence-electron chi connectivity index (χ2n) is 5.15. The van der Waals surface area contributed by atoms with Crippen molar-refractivity contribution in [2.75, 3.05) is 31.1 Å². The molecule has 0 spiro atoms. The van der Waals surface area contributed by atoms with Crippen molar-refractivity contribution in [2.45, 2.75) is 26.7 Å². The van der Waals surface area contributed by atoms with Crippen molar-refractivity contribution in [2.24, 2.45) is 5.16 Å². The number of likely N-dealkylation sites (N-methyl/N-ethyl adjacent to an activating group) is 1. The van der Waals surface area contributed by atoms with E-state index in [2.05, 4.69) is 10.1 Å². The Kier molecular flexibility index (Phi) is 5.20. The van der Waals surface area contributed by atoms with Gasteiger partial charge in [0.25, 0.3) is 0 Å². The molecule has 0 atom stereocenters. The van der Waals surface area contributed by atoms with E-state index in [1.165, 1.54) is 0 Å². The van der Waals surface area contributed by atoms with Crippen LogP contribution < -0.4 is 4.90 Å². The van der Waals surface area contributed by atoms with Gasteiger partial charge in [0.1, 0.15) is 0 Å². The highest BCUT2D eigenvalue weighted by Crippen LogP contribution is 2.26. The van der Waals surface area contributed by atoms with Gasteiger partial charge in [0, 0.05) is 30.9 Å². The Bertz CT molecular complexity index is 524. The molecule has 5 heteroatoms. The Morgan fingerprint density at radius 3 is 2.71 bits per heavy atom. The molecule has 0 saturated heterocycles. The Morgan fingerprint density at radius 1 is 1.33 bits per heavy atom. The highest BCUT2D eigenvalue weighted by Gasteiger charge is 2.22. The molecule has 0 fully saturated rings. The van der Waals surface area contributed by atoms with Crippen molar-refractivity contribution in [3.8, 4) is 0 Å². The molecule has 0 unspecified atom stereocenters. The lowest BCUT2D eigenvalue weighted by Gasteiger charge is -2.27. The summed E-state index contributed by atoms with van der Waals surface area (Å²) in [6, 6.07) is 7.82. The van der Waals surface area contributed by atoms with Gasteiger partial charge in [-0.25, -0.2) is 0 Å². The monoisotopic (exact) mass is 289 g/mol. The number of rotatable bonds is 4. The first-order valence-electron chi connectivity index (χ1n) is 7.54. The van der Waals surface area contributed by atoms with E-state index in [-0.39, 0.29) is 5.91 Å². The summed E-state index contributed by atoms with van der Waals surface area (Å²) in [5.41, 5.74) is 2.59. The lowest BCUT2D eigenvalue weighted by Crippen LogP contribution is -2.40. The van der Waals surface area contributed by atoms with Crippen LogP contribution in [0.4, 0.5) is 5.69 Å². The van der Waals surface area contributed by atoms with Gasteiger partial charge in [-0.15, -0.1) is 0 Å². The number of anilines is 1. The summed E-state index contributed by atoms with van der Waals surface area (Å²) in [5, 5.41) is 12.6. The summed E-state index contributed by atoms with van der Waals surface area (Å²) in [6.45, 7) is 6.62. The number of amides is 1. The summed E-state index contributed by atoms with van der Waals surface area (Å²) in [6.07, 6.45) is 1.60. The van der Waals surface area contributed by atoms with Crippen LogP contribution >= 0.6 is 0 Å². The molecule has 0 saturated carbocycles. The molecule has 1 aromatic carbocycles. The smallest absolute Gasteiger partial charge is 0.242 e. The Balaban J connectivity index is 2.26. The number of hydrogen-bond acceptors (Lipinski definition) is 4. The van der Waals surface area contributed by atoms with Crippen molar-refractivity contribution in [1.29, 1.82) is 0 Å². The Hall–Kier alpha value is -2.04. The number of oxime groups is 1. The van der Waals surface area contributed by atoms with E-state index in [4.69, 9.17) is 0 Å². The molecule has 5 nitrogen and oxygen atoms in total. The first kappa shape index (κ1) is 15.4. The molecule has 1 N–H and O–H groups in total. The van der Waals surface area contributed by atoms with Crippen LogP contribution in [0.25, 0.3) is 0 Å². The topological polar surface area (TPSA) is 56.1 Å². The molecule has 0 radical (unpaired) electrons. The SMILES string of the molecule is CCN(CC)C(=O)CN1CCC/C(=N/O)c2ccccc21. The average molecular weight is 289 g/mol. The second-order valence-corrected chi connectivity index (χ2v) is 5.15. The zero-order valence-corrected chi connectivity index (χ0v) is 12.7. The quantitative estimate of drug-likeness (QED) is 0.683. The summed E-state index contributed by atoms with van der Waals surface area (Å²) in [5.74, 6) is 0.138. The number of nitrogens with zero attached hydrogens (tertiary/aromatic N) is 3. The lowest BCUT2D eigenvalue weighted by atomic mass is 10.1. The van der Waals surface area contributed by atoms with Crippen molar-refractivity contribution in [3.63, 3.8) is 0 Å². The number of benzene rings is 1. The maximum atomic E-state index is 12.4. The van der Waals surface area contributed by atoms with Gasteiger partial charge in [0.15, 0.2) is 0 Å². The molecule has 1 heterocycles. The van der Waals surface area contributed by atoms with Crippen LogP contribution in [0.2, 0.25) is 0 Å². The molecule has 114 valence electrons. The van der Waals surface area contributed by atoms with E-state index in [0.717, 1.165) is 43.7 Å². The Morgan fingerprint density at radius 2 is 2.05 bits per heavy atom. The molecule has 1 aliphatic heterocycles. The minimum absolute atomic E-state index is 0.138. The van der Waals surface area contributed by atoms with Crippen molar-refractivity contribution < 1.29 is 10.0 Å². The van der Waals surface area contributed by atoms with Gasteiger partial charge in [0.05, 0.1) is 12.3 Å². The van der Waals surface area contributed by atoms with Crippen molar-refractivity contribution >= 4 is 17.3 Å². The predicted molar refractivity (Wildman–Crippen MR) is 84.1 cm³/mol. The normalized spacial score (nSPS) is 16.5. The third-order valence-electron chi connectivity index (χ3n) is 3.96. The first-order valence-corrected chi connectivity index (χ1v) is 7.54. The number of para-hydroxylation sites is 1. The van der Waals surface area contributed by atoms with E-state index in [1.54, 1.807) is 0 Å². The fourth-order valence-corrected chi connectivity index (χ4v) is 2.79. The largest absolute Gasteiger partial charge is 0.411 e. The zero-order valence-electron chi connectivity index (χ0n) is 12.7. The van der Waals surface area contributed by atoms with Gasteiger partial charge in [0.2, 0.25) is 5.91 Å². The minimum Gasteiger partial charge on any atom is -0.411 e. The molecular formula is C16H23N3O2. The average Bonchev–Trinajstić information content (AvgIpc) is 2.68. The van der Waals surface area contributed by atoms with Gasteiger partial charge >= 0.3 is 0 Å². The van der Waals surface area contributed by atoms with E-state index in [0.29, 0.717) is 12.3 Å². The molecule has 1 amide bonds. The minimum atomic E-state index is 0.138. The predicted octanol–water partition coefficient (Wildman–Crippen LogP) is 2.33. The third-order valence-corrected chi connectivity index (χ3v) is 3.96.